The van der Waals surface area contributed by atoms with Crippen LogP contribution in [0.3, 0.4) is 0 Å². The molecule has 4 nitrogen and oxygen atoms in total. The van der Waals surface area contributed by atoms with Gasteiger partial charge in [0.05, 0.1) is 11.5 Å². The Labute approximate surface area is 128 Å². The number of fused-ring (bicyclic) bond motifs is 2. The minimum atomic E-state index is -1.03. The Balaban J connectivity index is 1.60. The van der Waals surface area contributed by atoms with Gasteiger partial charge in [0.25, 0.3) is 5.91 Å². The van der Waals surface area contributed by atoms with E-state index in [0.717, 1.165) is 5.56 Å². The first-order valence-corrected chi connectivity index (χ1v) is 7.30. The van der Waals surface area contributed by atoms with E-state index in [1.54, 1.807) is 18.2 Å². The van der Waals surface area contributed by atoms with Crippen molar-refractivity contribution in [1.29, 1.82) is 0 Å². The molecule has 0 spiro atoms. The molecule has 2 aromatic rings. The summed E-state index contributed by atoms with van der Waals surface area (Å²) in [6.45, 7) is 1.99. The number of aryl methyl sites for hydroxylation is 1. The quantitative estimate of drug-likeness (QED) is 0.926. The van der Waals surface area contributed by atoms with Gasteiger partial charge in [0.1, 0.15) is 5.75 Å². The van der Waals surface area contributed by atoms with Gasteiger partial charge in [-0.3, -0.25) is 9.59 Å². The molecule has 1 saturated carbocycles. The van der Waals surface area contributed by atoms with Crippen molar-refractivity contribution < 1.29 is 14.3 Å². The highest BCUT2D eigenvalue weighted by molar-refractivity contribution is 6.13. The molecule has 0 saturated heterocycles. The summed E-state index contributed by atoms with van der Waals surface area (Å²) in [4.78, 5) is 25.0. The third kappa shape index (κ3) is 1.84. The summed E-state index contributed by atoms with van der Waals surface area (Å²) in [5.41, 5.74) is 1.38. The standard InChI is InChI=1S/C18H15NO3/c1-11-6-8-12(9-7-11)19-17(21)18-10-14(18)16(20)13-4-2-3-5-15(13)22-18/h2-9,14H,10H2,1H3,(H,19,21). The van der Waals surface area contributed by atoms with Crippen LogP contribution < -0.4 is 10.1 Å². The summed E-state index contributed by atoms with van der Waals surface area (Å²) in [7, 11) is 0. The fourth-order valence-electron chi connectivity index (χ4n) is 2.98. The number of anilines is 1. The zero-order chi connectivity index (χ0) is 15.3. The second-order valence-electron chi connectivity index (χ2n) is 5.93. The molecule has 1 aliphatic carbocycles. The Bertz CT molecular complexity index is 781. The van der Waals surface area contributed by atoms with Gasteiger partial charge in [-0.1, -0.05) is 29.8 Å². The molecule has 0 bridgehead atoms. The van der Waals surface area contributed by atoms with E-state index in [1.807, 2.05) is 37.3 Å². The van der Waals surface area contributed by atoms with Gasteiger partial charge in [0.2, 0.25) is 0 Å². The fourth-order valence-corrected chi connectivity index (χ4v) is 2.98. The highest BCUT2D eigenvalue weighted by atomic mass is 16.5. The molecule has 2 aliphatic rings. The number of Topliss-reactive ketones (excluding diaryl/α,β-unsaturated/α-hetero) is 1. The van der Waals surface area contributed by atoms with Crippen molar-refractivity contribution in [2.45, 2.75) is 18.9 Å². The van der Waals surface area contributed by atoms with Crippen LogP contribution in [0.25, 0.3) is 0 Å². The predicted molar refractivity (Wildman–Crippen MR) is 82.0 cm³/mol. The zero-order valence-electron chi connectivity index (χ0n) is 12.1. The second-order valence-corrected chi connectivity index (χ2v) is 5.93. The van der Waals surface area contributed by atoms with E-state index in [9.17, 15) is 9.59 Å². The van der Waals surface area contributed by atoms with Gasteiger partial charge >= 0.3 is 0 Å². The zero-order valence-corrected chi connectivity index (χ0v) is 12.1. The number of ketones is 1. The molecule has 110 valence electrons. The van der Waals surface area contributed by atoms with Gasteiger partial charge in [0, 0.05) is 12.1 Å². The largest absolute Gasteiger partial charge is 0.476 e. The molecule has 1 amide bonds. The smallest absolute Gasteiger partial charge is 0.269 e. The van der Waals surface area contributed by atoms with Crippen LogP contribution >= 0.6 is 0 Å². The Hall–Kier alpha value is -2.62. The number of carbonyl (C=O) groups is 2. The third-order valence-electron chi connectivity index (χ3n) is 4.37. The summed E-state index contributed by atoms with van der Waals surface area (Å²) in [5, 5.41) is 2.86. The van der Waals surface area contributed by atoms with Gasteiger partial charge in [-0.05, 0) is 31.2 Å². The molecular formula is C18H15NO3. The maximum Gasteiger partial charge on any atom is 0.269 e. The molecule has 1 heterocycles. The van der Waals surface area contributed by atoms with Crippen LogP contribution in [0.2, 0.25) is 0 Å². The van der Waals surface area contributed by atoms with Crippen LogP contribution in [0.5, 0.6) is 5.75 Å². The number of para-hydroxylation sites is 1. The first-order valence-electron chi connectivity index (χ1n) is 7.30. The topological polar surface area (TPSA) is 55.4 Å². The Kier molecular flexibility index (Phi) is 2.64. The molecule has 2 aromatic carbocycles. The first kappa shape index (κ1) is 13.1. The number of hydrogen-bond donors (Lipinski definition) is 1. The molecule has 1 fully saturated rings. The molecule has 22 heavy (non-hydrogen) atoms. The van der Waals surface area contributed by atoms with E-state index < -0.39 is 5.60 Å². The second kappa shape index (κ2) is 4.44. The van der Waals surface area contributed by atoms with E-state index in [1.165, 1.54) is 0 Å². The van der Waals surface area contributed by atoms with E-state index >= 15 is 0 Å². The monoisotopic (exact) mass is 293 g/mol. The number of ether oxygens (including phenoxy) is 1. The molecule has 1 aliphatic heterocycles. The number of nitrogens with one attached hydrogen (secondary N) is 1. The van der Waals surface area contributed by atoms with Crippen LogP contribution in [0.15, 0.2) is 48.5 Å². The summed E-state index contributed by atoms with van der Waals surface area (Å²) in [6.07, 6.45) is 0.443. The summed E-state index contributed by atoms with van der Waals surface area (Å²) in [5.74, 6) is -0.113. The SMILES string of the molecule is Cc1ccc(NC(=O)C23CC2C(=O)c2ccccc2O3)cc1. The number of amides is 1. The normalized spacial score (nSPS) is 24.8. The molecule has 4 rings (SSSR count). The molecule has 4 heteroatoms. The number of rotatable bonds is 2. The fraction of sp³-hybridized carbons (Fsp3) is 0.222. The molecule has 1 N–H and O–H groups in total. The Morgan fingerprint density at radius 3 is 2.68 bits per heavy atom. The van der Waals surface area contributed by atoms with Crippen molar-refractivity contribution in [3.05, 3.63) is 59.7 Å². The molecular weight excluding hydrogens is 278 g/mol. The number of hydrogen-bond acceptors (Lipinski definition) is 3. The average molecular weight is 293 g/mol. The van der Waals surface area contributed by atoms with Crippen molar-refractivity contribution >= 4 is 17.4 Å². The maximum absolute atomic E-state index is 12.6. The van der Waals surface area contributed by atoms with Gasteiger partial charge < -0.3 is 10.1 Å². The van der Waals surface area contributed by atoms with Crippen molar-refractivity contribution in [2.75, 3.05) is 5.32 Å². The Morgan fingerprint density at radius 1 is 1.18 bits per heavy atom. The van der Waals surface area contributed by atoms with E-state index in [0.29, 0.717) is 23.4 Å². The van der Waals surface area contributed by atoms with Crippen LogP contribution in [0.1, 0.15) is 22.3 Å². The van der Waals surface area contributed by atoms with E-state index in [4.69, 9.17) is 4.74 Å². The van der Waals surface area contributed by atoms with Crippen molar-refractivity contribution in [3.63, 3.8) is 0 Å². The van der Waals surface area contributed by atoms with Crippen LogP contribution in [0, 0.1) is 12.8 Å². The van der Waals surface area contributed by atoms with Crippen LogP contribution in [0.4, 0.5) is 5.69 Å². The minimum absolute atomic E-state index is 0.000839. The lowest BCUT2D eigenvalue weighted by molar-refractivity contribution is -0.125. The first-order chi connectivity index (χ1) is 10.6. The molecule has 2 unspecified atom stereocenters. The van der Waals surface area contributed by atoms with E-state index in [-0.39, 0.29) is 17.6 Å². The van der Waals surface area contributed by atoms with Crippen molar-refractivity contribution in [1.82, 2.24) is 0 Å². The number of carbonyl (C=O) groups excluding carboxylic acids is 2. The summed E-state index contributed by atoms with van der Waals surface area (Å²) in [6, 6.07) is 14.7. The third-order valence-corrected chi connectivity index (χ3v) is 4.37. The molecule has 0 aromatic heterocycles. The van der Waals surface area contributed by atoms with Crippen LogP contribution in [-0.4, -0.2) is 17.3 Å². The van der Waals surface area contributed by atoms with Gasteiger partial charge in [-0.25, -0.2) is 0 Å². The summed E-state index contributed by atoms with van der Waals surface area (Å²) < 4.78 is 5.89. The van der Waals surface area contributed by atoms with Crippen molar-refractivity contribution in [2.24, 2.45) is 5.92 Å². The lowest BCUT2D eigenvalue weighted by Gasteiger charge is -2.24. The highest BCUT2D eigenvalue weighted by Crippen LogP contribution is 2.54. The Morgan fingerprint density at radius 2 is 1.91 bits per heavy atom. The van der Waals surface area contributed by atoms with Gasteiger partial charge in [0.15, 0.2) is 11.4 Å². The summed E-state index contributed by atoms with van der Waals surface area (Å²) >= 11 is 0. The minimum Gasteiger partial charge on any atom is -0.476 e. The van der Waals surface area contributed by atoms with Gasteiger partial charge in [-0.15, -0.1) is 0 Å². The molecule has 2 atom stereocenters. The highest BCUT2D eigenvalue weighted by Gasteiger charge is 2.68. The average Bonchev–Trinajstić information content (AvgIpc) is 3.26. The maximum atomic E-state index is 12.6. The number of benzene rings is 2. The van der Waals surface area contributed by atoms with E-state index in [2.05, 4.69) is 5.32 Å². The molecule has 0 radical (unpaired) electrons. The lowest BCUT2D eigenvalue weighted by Crippen LogP contribution is -2.41. The van der Waals surface area contributed by atoms with Gasteiger partial charge in [-0.2, -0.15) is 0 Å². The predicted octanol–water partition coefficient (Wildman–Crippen LogP) is 2.97. The van der Waals surface area contributed by atoms with Crippen molar-refractivity contribution in [3.8, 4) is 5.75 Å². The van der Waals surface area contributed by atoms with Crippen LogP contribution in [-0.2, 0) is 4.79 Å². The lowest BCUT2D eigenvalue weighted by atomic mass is 10.0.